The Hall–Kier alpha value is -1.73. The molecule has 0 saturated carbocycles. The van der Waals surface area contributed by atoms with Crippen LogP contribution in [0, 0.1) is 6.92 Å². The van der Waals surface area contributed by atoms with Crippen LogP contribution in [0.3, 0.4) is 0 Å². The van der Waals surface area contributed by atoms with Crippen molar-refractivity contribution in [3.05, 3.63) is 28.2 Å². The normalized spacial score (nSPS) is 10.8. The summed E-state index contributed by atoms with van der Waals surface area (Å²) >= 11 is 1.39. The Bertz CT molecular complexity index is 636. The number of aryl methyl sites for hydroxylation is 1. The van der Waals surface area contributed by atoms with Crippen LogP contribution in [-0.4, -0.2) is 35.0 Å². The standard InChI is InChI=1S/C13H18N4O2S/c1-4-14-13-16-15-11(20-13)10-6-5-9(2)17(12(10)18)7-8-19-3/h5-6H,4,7-8H2,1-3H3,(H,14,16). The first kappa shape index (κ1) is 14.7. The number of aromatic nitrogens is 3. The molecule has 2 rings (SSSR count). The molecule has 0 aliphatic rings. The van der Waals surface area contributed by atoms with Gasteiger partial charge in [-0.1, -0.05) is 11.3 Å². The fraction of sp³-hybridized carbons (Fsp3) is 0.462. The van der Waals surface area contributed by atoms with Crippen LogP contribution in [0.5, 0.6) is 0 Å². The first-order chi connectivity index (χ1) is 9.67. The molecule has 20 heavy (non-hydrogen) atoms. The van der Waals surface area contributed by atoms with E-state index < -0.39 is 0 Å². The molecule has 0 fully saturated rings. The second kappa shape index (κ2) is 6.62. The fourth-order valence-electron chi connectivity index (χ4n) is 1.85. The van der Waals surface area contributed by atoms with Crippen LogP contribution in [0.1, 0.15) is 12.6 Å². The predicted octanol–water partition coefficient (Wildman–Crippen LogP) is 1.75. The minimum Gasteiger partial charge on any atom is -0.383 e. The largest absolute Gasteiger partial charge is 0.383 e. The number of hydrogen-bond acceptors (Lipinski definition) is 6. The summed E-state index contributed by atoms with van der Waals surface area (Å²) in [6, 6.07) is 3.72. The third-order valence-electron chi connectivity index (χ3n) is 2.89. The average Bonchev–Trinajstić information content (AvgIpc) is 2.87. The summed E-state index contributed by atoms with van der Waals surface area (Å²) in [4.78, 5) is 12.5. The zero-order valence-electron chi connectivity index (χ0n) is 11.8. The lowest BCUT2D eigenvalue weighted by atomic mass is 10.2. The summed E-state index contributed by atoms with van der Waals surface area (Å²) in [5, 5.41) is 12.6. The molecule has 108 valence electrons. The highest BCUT2D eigenvalue weighted by Crippen LogP contribution is 2.23. The zero-order chi connectivity index (χ0) is 14.5. The van der Waals surface area contributed by atoms with Gasteiger partial charge in [0.05, 0.1) is 12.2 Å². The molecule has 0 aliphatic heterocycles. The van der Waals surface area contributed by atoms with Gasteiger partial charge < -0.3 is 14.6 Å². The van der Waals surface area contributed by atoms with Crippen molar-refractivity contribution in [2.45, 2.75) is 20.4 Å². The van der Waals surface area contributed by atoms with Gasteiger partial charge in [0.2, 0.25) is 5.13 Å². The number of nitrogens with one attached hydrogen (secondary N) is 1. The van der Waals surface area contributed by atoms with E-state index in [2.05, 4.69) is 15.5 Å². The maximum Gasteiger partial charge on any atom is 0.261 e. The number of methoxy groups -OCH3 is 1. The van der Waals surface area contributed by atoms with Crippen LogP contribution in [-0.2, 0) is 11.3 Å². The number of hydrogen-bond donors (Lipinski definition) is 1. The number of ether oxygens (including phenoxy) is 1. The number of pyridine rings is 1. The molecule has 0 atom stereocenters. The zero-order valence-corrected chi connectivity index (χ0v) is 12.7. The summed E-state index contributed by atoms with van der Waals surface area (Å²) in [6.07, 6.45) is 0. The van der Waals surface area contributed by atoms with Crippen molar-refractivity contribution < 1.29 is 4.74 Å². The van der Waals surface area contributed by atoms with Crippen LogP contribution in [0.25, 0.3) is 10.6 Å². The van der Waals surface area contributed by atoms with Gasteiger partial charge in [0.1, 0.15) is 0 Å². The summed E-state index contributed by atoms with van der Waals surface area (Å²) in [6.45, 7) is 5.72. The van der Waals surface area contributed by atoms with E-state index in [4.69, 9.17) is 4.74 Å². The van der Waals surface area contributed by atoms with Gasteiger partial charge in [0.25, 0.3) is 5.56 Å². The lowest BCUT2D eigenvalue weighted by molar-refractivity contribution is 0.185. The van der Waals surface area contributed by atoms with Gasteiger partial charge in [-0.15, -0.1) is 10.2 Å². The van der Waals surface area contributed by atoms with E-state index in [1.165, 1.54) is 11.3 Å². The molecular weight excluding hydrogens is 276 g/mol. The molecule has 0 saturated heterocycles. The predicted molar refractivity (Wildman–Crippen MR) is 80.4 cm³/mol. The van der Waals surface area contributed by atoms with E-state index in [-0.39, 0.29) is 5.56 Å². The Labute approximate surface area is 121 Å². The van der Waals surface area contributed by atoms with Crippen molar-refractivity contribution in [3.8, 4) is 10.6 Å². The molecule has 0 spiro atoms. The van der Waals surface area contributed by atoms with Crippen LogP contribution in [0.4, 0.5) is 5.13 Å². The molecule has 0 aliphatic carbocycles. The second-order valence-electron chi connectivity index (χ2n) is 4.28. The van der Waals surface area contributed by atoms with Crippen molar-refractivity contribution in [3.63, 3.8) is 0 Å². The third kappa shape index (κ3) is 3.05. The average molecular weight is 294 g/mol. The van der Waals surface area contributed by atoms with E-state index >= 15 is 0 Å². The van der Waals surface area contributed by atoms with Gasteiger partial charge in [0, 0.05) is 25.9 Å². The smallest absolute Gasteiger partial charge is 0.261 e. The van der Waals surface area contributed by atoms with Crippen molar-refractivity contribution in [2.75, 3.05) is 25.6 Å². The van der Waals surface area contributed by atoms with Gasteiger partial charge in [-0.05, 0) is 26.0 Å². The van der Waals surface area contributed by atoms with Crippen molar-refractivity contribution in [1.29, 1.82) is 0 Å². The van der Waals surface area contributed by atoms with E-state index in [9.17, 15) is 4.79 Å². The monoisotopic (exact) mass is 294 g/mol. The Kier molecular flexibility index (Phi) is 4.86. The fourth-order valence-corrected chi connectivity index (χ4v) is 2.68. The lowest BCUT2D eigenvalue weighted by Crippen LogP contribution is -2.25. The molecule has 2 aromatic heterocycles. The van der Waals surface area contributed by atoms with Gasteiger partial charge in [0.15, 0.2) is 5.01 Å². The van der Waals surface area contributed by atoms with Gasteiger partial charge >= 0.3 is 0 Å². The van der Waals surface area contributed by atoms with Gasteiger partial charge in [-0.25, -0.2) is 0 Å². The molecule has 0 bridgehead atoms. The molecule has 6 nitrogen and oxygen atoms in total. The Morgan fingerprint density at radius 1 is 1.40 bits per heavy atom. The maximum absolute atomic E-state index is 12.5. The summed E-state index contributed by atoms with van der Waals surface area (Å²) in [5.41, 5.74) is 1.43. The quantitative estimate of drug-likeness (QED) is 0.879. The molecule has 1 N–H and O–H groups in total. The molecule has 2 heterocycles. The molecule has 0 amide bonds. The molecule has 2 aromatic rings. The Morgan fingerprint density at radius 2 is 2.20 bits per heavy atom. The van der Waals surface area contributed by atoms with Crippen LogP contribution in [0.2, 0.25) is 0 Å². The minimum absolute atomic E-state index is 0.0544. The maximum atomic E-state index is 12.5. The van der Waals surface area contributed by atoms with Crippen molar-refractivity contribution in [1.82, 2.24) is 14.8 Å². The number of rotatable bonds is 6. The van der Waals surface area contributed by atoms with Crippen molar-refractivity contribution >= 4 is 16.5 Å². The molecule has 7 heteroatoms. The lowest BCUT2D eigenvalue weighted by Gasteiger charge is -2.10. The molecule has 0 unspecified atom stereocenters. The Balaban J connectivity index is 2.38. The molecular formula is C13H18N4O2S. The minimum atomic E-state index is -0.0544. The van der Waals surface area contributed by atoms with E-state index in [1.807, 2.05) is 19.9 Å². The number of anilines is 1. The molecule has 0 aromatic carbocycles. The van der Waals surface area contributed by atoms with Crippen LogP contribution >= 0.6 is 11.3 Å². The highest BCUT2D eigenvalue weighted by Gasteiger charge is 2.13. The van der Waals surface area contributed by atoms with Gasteiger partial charge in [-0.3, -0.25) is 4.79 Å². The SMILES string of the molecule is CCNc1nnc(-c2ccc(C)n(CCOC)c2=O)s1. The van der Waals surface area contributed by atoms with Crippen LogP contribution < -0.4 is 10.9 Å². The first-order valence-electron chi connectivity index (χ1n) is 6.44. The van der Waals surface area contributed by atoms with Crippen molar-refractivity contribution in [2.24, 2.45) is 0 Å². The highest BCUT2D eigenvalue weighted by molar-refractivity contribution is 7.18. The second-order valence-corrected chi connectivity index (χ2v) is 5.26. The van der Waals surface area contributed by atoms with E-state index in [1.54, 1.807) is 17.7 Å². The van der Waals surface area contributed by atoms with Crippen LogP contribution in [0.15, 0.2) is 16.9 Å². The molecule has 0 radical (unpaired) electrons. The summed E-state index contributed by atoms with van der Waals surface area (Å²) in [5.74, 6) is 0. The number of nitrogens with zero attached hydrogens (tertiary/aromatic N) is 3. The summed E-state index contributed by atoms with van der Waals surface area (Å²) in [7, 11) is 1.62. The highest BCUT2D eigenvalue weighted by atomic mass is 32.1. The third-order valence-corrected chi connectivity index (χ3v) is 3.81. The Morgan fingerprint density at radius 3 is 2.90 bits per heavy atom. The topological polar surface area (TPSA) is 69.0 Å². The van der Waals surface area contributed by atoms with Gasteiger partial charge in [-0.2, -0.15) is 0 Å². The van der Waals surface area contributed by atoms with E-state index in [0.29, 0.717) is 23.7 Å². The first-order valence-corrected chi connectivity index (χ1v) is 7.26. The summed E-state index contributed by atoms with van der Waals surface area (Å²) < 4.78 is 6.74. The van der Waals surface area contributed by atoms with E-state index in [0.717, 1.165) is 17.4 Å².